The maximum Gasteiger partial charge on any atom is 0.314 e. The molecule has 1 aliphatic carbocycles. The highest BCUT2D eigenvalue weighted by molar-refractivity contribution is 8.03. The standard InChI is InChI=1S/C30H40O6S4/c1-37-18-19-39-17-15-34-26-10-12-28(13-11-26)36-30(33)25-6-4-24(5-7-25)29(32)35-27-8-2-23(3-9-27)22-40-21-20-38-16-14-31/h2-3,8-13,24-25,31H,4-7,14-22H2,1H3. The van der Waals surface area contributed by atoms with Gasteiger partial charge in [0.25, 0.3) is 0 Å². The average Bonchev–Trinajstić information content (AvgIpc) is 2.98. The maximum atomic E-state index is 12.7. The van der Waals surface area contributed by atoms with Crippen molar-refractivity contribution in [1.82, 2.24) is 0 Å². The van der Waals surface area contributed by atoms with E-state index in [4.69, 9.17) is 19.3 Å². The normalized spacial score (nSPS) is 16.9. The molecule has 3 rings (SSSR count). The predicted octanol–water partition coefficient (Wildman–Crippen LogP) is 6.44. The monoisotopic (exact) mass is 624 g/mol. The minimum absolute atomic E-state index is 0.203. The smallest absolute Gasteiger partial charge is 0.314 e. The molecule has 0 atom stereocenters. The van der Waals surface area contributed by atoms with Crippen molar-refractivity contribution < 1.29 is 28.9 Å². The molecule has 6 nitrogen and oxygen atoms in total. The lowest BCUT2D eigenvalue weighted by Gasteiger charge is -2.25. The zero-order valence-corrected chi connectivity index (χ0v) is 26.4. The molecule has 0 amide bonds. The van der Waals surface area contributed by atoms with Crippen LogP contribution in [-0.4, -0.2) is 71.0 Å². The largest absolute Gasteiger partial charge is 0.493 e. The molecule has 0 radical (unpaired) electrons. The Balaban J connectivity index is 1.32. The van der Waals surface area contributed by atoms with Crippen LogP contribution in [0, 0.1) is 11.8 Å². The summed E-state index contributed by atoms with van der Waals surface area (Å²) in [5.74, 6) is 7.94. The first-order valence-corrected chi connectivity index (χ1v) is 18.5. The van der Waals surface area contributed by atoms with Gasteiger partial charge in [0.05, 0.1) is 25.0 Å². The van der Waals surface area contributed by atoms with Crippen molar-refractivity contribution in [2.45, 2.75) is 31.4 Å². The van der Waals surface area contributed by atoms with Crippen molar-refractivity contribution in [3.05, 3.63) is 54.1 Å². The van der Waals surface area contributed by atoms with Gasteiger partial charge in [0.15, 0.2) is 0 Å². The third-order valence-electron chi connectivity index (χ3n) is 6.38. The van der Waals surface area contributed by atoms with Gasteiger partial charge in [-0.05, 0) is 73.9 Å². The summed E-state index contributed by atoms with van der Waals surface area (Å²) in [6.45, 7) is 0.883. The molecular weight excluding hydrogens is 585 g/mol. The second kappa shape index (κ2) is 19.6. The number of esters is 2. The van der Waals surface area contributed by atoms with Gasteiger partial charge in [-0.1, -0.05) is 12.1 Å². The van der Waals surface area contributed by atoms with E-state index >= 15 is 0 Å². The average molecular weight is 625 g/mol. The van der Waals surface area contributed by atoms with Crippen LogP contribution in [0.2, 0.25) is 0 Å². The van der Waals surface area contributed by atoms with Crippen LogP contribution in [0.3, 0.4) is 0 Å². The van der Waals surface area contributed by atoms with Gasteiger partial charge in [-0.25, -0.2) is 0 Å². The summed E-state index contributed by atoms with van der Waals surface area (Å²) < 4.78 is 17.0. The van der Waals surface area contributed by atoms with E-state index in [-0.39, 0.29) is 30.4 Å². The van der Waals surface area contributed by atoms with Gasteiger partial charge in [0.1, 0.15) is 17.2 Å². The molecule has 1 fully saturated rings. The Hall–Kier alpha value is -1.46. The number of ether oxygens (including phenoxy) is 3. The van der Waals surface area contributed by atoms with Crippen LogP contribution in [0.15, 0.2) is 48.5 Å². The molecule has 0 unspecified atom stereocenters. The van der Waals surface area contributed by atoms with Gasteiger partial charge in [-0.2, -0.15) is 47.0 Å². The Morgan fingerprint density at radius 3 is 1.77 bits per heavy atom. The predicted molar refractivity (Wildman–Crippen MR) is 171 cm³/mol. The third kappa shape index (κ3) is 12.6. The summed E-state index contributed by atoms with van der Waals surface area (Å²) in [5.41, 5.74) is 1.19. The number of carbonyl (C=O) groups is 2. The fraction of sp³-hybridized carbons (Fsp3) is 0.533. The molecule has 0 saturated heterocycles. The molecule has 1 saturated carbocycles. The van der Waals surface area contributed by atoms with Crippen LogP contribution in [0.4, 0.5) is 0 Å². The van der Waals surface area contributed by atoms with Crippen molar-refractivity contribution in [2.24, 2.45) is 11.8 Å². The van der Waals surface area contributed by atoms with Crippen LogP contribution < -0.4 is 14.2 Å². The first-order valence-electron chi connectivity index (χ1n) is 13.7. The SMILES string of the molecule is CSCCSCCOc1ccc(OC(=O)C2CCC(C(=O)Oc3ccc(CSCCSCCO)cc3)CC2)cc1. The maximum absolute atomic E-state index is 12.7. The van der Waals surface area contributed by atoms with Gasteiger partial charge >= 0.3 is 11.9 Å². The second-order valence-electron chi connectivity index (χ2n) is 9.35. The first-order chi connectivity index (χ1) is 19.6. The van der Waals surface area contributed by atoms with E-state index in [0.29, 0.717) is 43.8 Å². The molecule has 0 aliphatic heterocycles. The lowest BCUT2D eigenvalue weighted by atomic mass is 9.82. The summed E-state index contributed by atoms with van der Waals surface area (Å²) in [4.78, 5) is 25.4. The minimum Gasteiger partial charge on any atom is -0.493 e. The lowest BCUT2D eigenvalue weighted by Crippen LogP contribution is -2.30. The third-order valence-corrected chi connectivity index (χ3v) is 10.5. The molecule has 0 bridgehead atoms. The Morgan fingerprint density at radius 1 is 0.700 bits per heavy atom. The minimum atomic E-state index is -0.244. The van der Waals surface area contributed by atoms with E-state index in [9.17, 15) is 9.59 Å². The summed E-state index contributed by atoms with van der Waals surface area (Å²) in [6.07, 6.45) is 4.56. The fourth-order valence-corrected chi connectivity index (χ4v) is 7.55. The highest BCUT2D eigenvalue weighted by Gasteiger charge is 2.32. The molecule has 0 aromatic heterocycles. The fourth-order valence-electron chi connectivity index (χ4n) is 4.16. The molecule has 2 aromatic carbocycles. The van der Waals surface area contributed by atoms with Crippen LogP contribution >= 0.6 is 47.0 Å². The van der Waals surface area contributed by atoms with E-state index < -0.39 is 0 Å². The summed E-state index contributed by atoms with van der Waals surface area (Å²) in [5, 5.41) is 8.81. The Bertz CT molecular complexity index is 913. The van der Waals surface area contributed by atoms with Crippen LogP contribution in [-0.2, 0) is 15.3 Å². The quantitative estimate of drug-likeness (QED) is 0.114. The number of aliphatic hydroxyl groups excluding tert-OH is 1. The van der Waals surface area contributed by atoms with Crippen molar-refractivity contribution in [3.8, 4) is 17.2 Å². The number of thioether (sulfide) groups is 4. The number of benzene rings is 2. The second-order valence-corrected chi connectivity index (χ2v) is 13.9. The van der Waals surface area contributed by atoms with Crippen LogP contribution in [0.5, 0.6) is 17.2 Å². The molecule has 220 valence electrons. The Labute approximate surface area is 255 Å². The number of aliphatic hydroxyl groups is 1. The summed E-state index contributed by atoms with van der Waals surface area (Å²) in [7, 11) is 0. The number of hydrogen-bond acceptors (Lipinski definition) is 10. The zero-order valence-electron chi connectivity index (χ0n) is 23.1. The van der Waals surface area contributed by atoms with Crippen LogP contribution in [0.25, 0.3) is 0 Å². The van der Waals surface area contributed by atoms with Crippen LogP contribution in [0.1, 0.15) is 31.2 Å². The molecule has 1 aliphatic rings. The van der Waals surface area contributed by atoms with Crippen molar-refractivity contribution >= 4 is 59.0 Å². The van der Waals surface area contributed by atoms with Gasteiger partial charge in [-0.15, -0.1) is 0 Å². The van der Waals surface area contributed by atoms with E-state index in [0.717, 1.165) is 46.0 Å². The zero-order chi connectivity index (χ0) is 28.4. The highest BCUT2D eigenvalue weighted by Crippen LogP contribution is 2.32. The number of hydrogen-bond donors (Lipinski definition) is 1. The van der Waals surface area contributed by atoms with E-state index in [2.05, 4.69) is 6.26 Å². The molecule has 2 aromatic rings. The molecule has 0 heterocycles. The Kier molecular flexibility index (Phi) is 16.2. The molecule has 1 N–H and O–H groups in total. The van der Waals surface area contributed by atoms with E-state index in [1.165, 1.54) is 5.56 Å². The van der Waals surface area contributed by atoms with E-state index in [1.54, 1.807) is 23.9 Å². The lowest BCUT2D eigenvalue weighted by molar-refractivity contribution is -0.145. The molecular formula is C30H40O6S4. The topological polar surface area (TPSA) is 82.1 Å². The molecule has 0 spiro atoms. The van der Waals surface area contributed by atoms with Crippen molar-refractivity contribution in [2.75, 3.05) is 54.0 Å². The van der Waals surface area contributed by atoms with Crippen molar-refractivity contribution in [3.63, 3.8) is 0 Å². The Morgan fingerprint density at radius 2 is 1.20 bits per heavy atom. The van der Waals surface area contributed by atoms with Gasteiger partial charge in [0.2, 0.25) is 0 Å². The highest BCUT2D eigenvalue weighted by atomic mass is 32.2. The number of rotatable bonds is 18. The molecule has 10 heteroatoms. The van der Waals surface area contributed by atoms with Gasteiger partial charge < -0.3 is 19.3 Å². The summed E-state index contributed by atoms with van der Waals surface area (Å²) in [6, 6.07) is 14.9. The van der Waals surface area contributed by atoms with E-state index in [1.807, 2.05) is 71.7 Å². The van der Waals surface area contributed by atoms with Crippen molar-refractivity contribution in [1.29, 1.82) is 0 Å². The first kappa shape index (κ1) is 33.0. The van der Waals surface area contributed by atoms with Gasteiger partial charge in [0, 0.05) is 40.3 Å². The molecule has 40 heavy (non-hydrogen) atoms. The summed E-state index contributed by atoms with van der Waals surface area (Å²) >= 11 is 7.34. The number of carbonyl (C=O) groups excluding carboxylic acids is 2. The van der Waals surface area contributed by atoms with Gasteiger partial charge in [-0.3, -0.25) is 9.59 Å².